The van der Waals surface area contributed by atoms with E-state index in [2.05, 4.69) is 29.5 Å². The fourth-order valence-corrected chi connectivity index (χ4v) is 1.72. The van der Waals surface area contributed by atoms with E-state index in [1.165, 1.54) is 6.07 Å². The van der Waals surface area contributed by atoms with E-state index < -0.39 is 0 Å². The second-order valence-corrected chi connectivity index (χ2v) is 4.99. The quantitative estimate of drug-likeness (QED) is 0.443. The summed E-state index contributed by atoms with van der Waals surface area (Å²) in [6.07, 6.45) is 1.90. The summed E-state index contributed by atoms with van der Waals surface area (Å²) >= 11 is 0. The Morgan fingerprint density at radius 3 is 2.55 bits per heavy atom. The van der Waals surface area contributed by atoms with Gasteiger partial charge in [0.05, 0.1) is 0 Å². The van der Waals surface area contributed by atoms with Crippen molar-refractivity contribution in [1.82, 2.24) is 10.6 Å². The highest BCUT2D eigenvalue weighted by atomic mass is 127. The van der Waals surface area contributed by atoms with Crippen molar-refractivity contribution in [3.63, 3.8) is 0 Å². The number of rotatable bonds is 6. The van der Waals surface area contributed by atoms with E-state index in [1.54, 1.807) is 19.2 Å². The van der Waals surface area contributed by atoms with Crippen LogP contribution < -0.4 is 10.6 Å². The molecule has 0 amide bonds. The topological polar surface area (TPSA) is 36.4 Å². The highest BCUT2D eigenvalue weighted by Crippen LogP contribution is 2.03. The molecule has 0 atom stereocenters. The maximum Gasteiger partial charge on any atom is 0.190 e. The third-order valence-corrected chi connectivity index (χ3v) is 2.83. The summed E-state index contributed by atoms with van der Waals surface area (Å²) in [4.78, 5) is 4.15. The van der Waals surface area contributed by atoms with Gasteiger partial charge in [-0.1, -0.05) is 26.0 Å². The van der Waals surface area contributed by atoms with Crippen LogP contribution in [-0.2, 0) is 6.42 Å². The fraction of sp³-hybridized carbons (Fsp3) is 0.533. The molecule has 0 aliphatic carbocycles. The molecule has 5 heteroatoms. The second-order valence-electron chi connectivity index (χ2n) is 4.99. The molecule has 1 aromatic carbocycles. The van der Waals surface area contributed by atoms with Crippen molar-refractivity contribution in [3.8, 4) is 0 Å². The van der Waals surface area contributed by atoms with Crippen molar-refractivity contribution >= 4 is 29.9 Å². The van der Waals surface area contributed by atoms with E-state index in [0.29, 0.717) is 5.92 Å². The van der Waals surface area contributed by atoms with Crippen LogP contribution in [0.4, 0.5) is 4.39 Å². The molecule has 2 N–H and O–H groups in total. The van der Waals surface area contributed by atoms with Gasteiger partial charge >= 0.3 is 0 Å². The van der Waals surface area contributed by atoms with Gasteiger partial charge < -0.3 is 10.6 Å². The molecule has 0 aromatic heterocycles. The highest BCUT2D eigenvalue weighted by Gasteiger charge is 1.99. The summed E-state index contributed by atoms with van der Waals surface area (Å²) in [7, 11) is 1.76. The predicted octanol–water partition coefficient (Wildman–Crippen LogP) is 3.20. The molecular weight excluding hydrogens is 368 g/mol. The van der Waals surface area contributed by atoms with E-state index >= 15 is 0 Å². The summed E-state index contributed by atoms with van der Waals surface area (Å²) in [5.74, 6) is 1.30. The second kappa shape index (κ2) is 10.9. The van der Waals surface area contributed by atoms with Gasteiger partial charge in [-0.2, -0.15) is 0 Å². The lowest BCUT2D eigenvalue weighted by molar-refractivity contribution is 0.573. The first kappa shape index (κ1) is 19.1. The first-order valence-corrected chi connectivity index (χ1v) is 6.80. The number of benzene rings is 1. The number of guanidine groups is 1. The van der Waals surface area contributed by atoms with E-state index in [0.717, 1.165) is 37.5 Å². The number of aliphatic imine (C=N–C) groups is 1. The molecule has 114 valence electrons. The Kier molecular flexibility index (Phi) is 10.4. The summed E-state index contributed by atoms with van der Waals surface area (Å²) in [6.45, 7) is 6.05. The van der Waals surface area contributed by atoms with Gasteiger partial charge in [0.2, 0.25) is 0 Å². The van der Waals surface area contributed by atoms with Crippen LogP contribution in [0.25, 0.3) is 0 Å². The van der Waals surface area contributed by atoms with Gasteiger partial charge in [-0.25, -0.2) is 4.39 Å². The van der Waals surface area contributed by atoms with Crippen molar-refractivity contribution in [1.29, 1.82) is 0 Å². The molecule has 0 radical (unpaired) electrons. The number of hydrogen-bond donors (Lipinski definition) is 2. The molecule has 0 heterocycles. The minimum Gasteiger partial charge on any atom is -0.356 e. The van der Waals surface area contributed by atoms with Gasteiger partial charge in [-0.05, 0) is 36.5 Å². The van der Waals surface area contributed by atoms with Crippen LogP contribution in [-0.4, -0.2) is 26.1 Å². The summed E-state index contributed by atoms with van der Waals surface area (Å²) in [6, 6.07) is 6.69. The Morgan fingerprint density at radius 1 is 1.25 bits per heavy atom. The first-order valence-electron chi connectivity index (χ1n) is 6.80. The monoisotopic (exact) mass is 393 g/mol. The SMILES string of the molecule is CN=C(NCCc1cccc(F)c1)NCCC(C)C.I. The predicted molar refractivity (Wildman–Crippen MR) is 94.3 cm³/mol. The highest BCUT2D eigenvalue weighted by molar-refractivity contribution is 14.0. The number of nitrogens with one attached hydrogen (secondary N) is 2. The third kappa shape index (κ3) is 8.35. The minimum absolute atomic E-state index is 0. The van der Waals surface area contributed by atoms with E-state index in [9.17, 15) is 4.39 Å². The van der Waals surface area contributed by atoms with Crippen LogP contribution in [0.1, 0.15) is 25.8 Å². The van der Waals surface area contributed by atoms with Crippen molar-refractivity contribution in [3.05, 3.63) is 35.6 Å². The van der Waals surface area contributed by atoms with E-state index in [4.69, 9.17) is 0 Å². The van der Waals surface area contributed by atoms with Crippen molar-refractivity contribution in [2.75, 3.05) is 20.1 Å². The zero-order chi connectivity index (χ0) is 14.1. The molecule has 0 fully saturated rings. The Labute approximate surface area is 138 Å². The normalized spacial score (nSPS) is 11.2. The zero-order valence-electron chi connectivity index (χ0n) is 12.4. The molecular formula is C15H25FIN3. The molecule has 3 nitrogen and oxygen atoms in total. The Balaban J connectivity index is 0.00000361. The lowest BCUT2D eigenvalue weighted by Crippen LogP contribution is -2.39. The molecule has 0 saturated heterocycles. The molecule has 0 unspecified atom stereocenters. The Morgan fingerprint density at radius 2 is 1.95 bits per heavy atom. The zero-order valence-corrected chi connectivity index (χ0v) is 14.8. The number of nitrogens with zero attached hydrogens (tertiary/aromatic N) is 1. The smallest absolute Gasteiger partial charge is 0.190 e. The first-order chi connectivity index (χ1) is 9.11. The Hall–Kier alpha value is -0.850. The molecule has 0 saturated carbocycles. The maximum atomic E-state index is 13.0. The molecule has 0 bridgehead atoms. The maximum absolute atomic E-state index is 13.0. The van der Waals surface area contributed by atoms with Gasteiger partial charge in [0.1, 0.15) is 5.82 Å². The molecule has 0 aliphatic heterocycles. The van der Waals surface area contributed by atoms with Gasteiger partial charge in [0.15, 0.2) is 5.96 Å². The summed E-state index contributed by atoms with van der Waals surface area (Å²) in [5.41, 5.74) is 0.991. The molecule has 20 heavy (non-hydrogen) atoms. The average Bonchev–Trinajstić information content (AvgIpc) is 2.36. The number of halogens is 2. The van der Waals surface area contributed by atoms with E-state index in [-0.39, 0.29) is 29.8 Å². The number of hydrogen-bond acceptors (Lipinski definition) is 1. The summed E-state index contributed by atoms with van der Waals surface area (Å²) in [5, 5.41) is 6.49. The van der Waals surface area contributed by atoms with Crippen molar-refractivity contribution in [2.45, 2.75) is 26.7 Å². The lowest BCUT2D eigenvalue weighted by atomic mass is 10.1. The minimum atomic E-state index is -0.183. The van der Waals surface area contributed by atoms with Crippen LogP contribution in [0, 0.1) is 11.7 Å². The van der Waals surface area contributed by atoms with Crippen LogP contribution in [0.2, 0.25) is 0 Å². The van der Waals surface area contributed by atoms with Crippen molar-refractivity contribution < 1.29 is 4.39 Å². The van der Waals surface area contributed by atoms with Gasteiger partial charge in [0.25, 0.3) is 0 Å². The van der Waals surface area contributed by atoms with Crippen LogP contribution in [0.3, 0.4) is 0 Å². The van der Waals surface area contributed by atoms with Gasteiger partial charge in [0, 0.05) is 20.1 Å². The Bertz CT molecular complexity index is 408. The van der Waals surface area contributed by atoms with Gasteiger partial charge in [-0.3, -0.25) is 4.99 Å². The molecule has 0 spiro atoms. The fourth-order valence-electron chi connectivity index (χ4n) is 1.72. The van der Waals surface area contributed by atoms with Crippen LogP contribution in [0.15, 0.2) is 29.3 Å². The summed E-state index contributed by atoms with van der Waals surface area (Å²) < 4.78 is 13.0. The lowest BCUT2D eigenvalue weighted by Gasteiger charge is -2.12. The van der Waals surface area contributed by atoms with Crippen LogP contribution in [0.5, 0.6) is 0 Å². The third-order valence-electron chi connectivity index (χ3n) is 2.83. The molecule has 0 aliphatic rings. The standard InChI is InChI=1S/C15H24FN3.HI/c1-12(2)7-9-18-15(17-3)19-10-8-13-5-4-6-14(16)11-13;/h4-6,11-12H,7-10H2,1-3H3,(H2,17,18,19);1H. The van der Waals surface area contributed by atoms with Crippen LogP contribution >= 0.6 is 24.0 Å². The van der Waals surface area contributed by atoms with Gasteiger partial charge in [-0.15, -0.1) is 24.0 Å². The average molecular weight is 393 g/mol. The molecule has 1 rings (SSSR count). The van der Waals surface area contributed by atoms with Crippen molar-refractivity contribution in [2.24, 2.45) is 10.9 Å². The molecule has 1 aromatic rings. The largest absolute Gasteiger partial charge is 0.356 e. The van der Waals surface area contributed by atoms with E-state index in [1.807, 2.05) is 6.07 Å².